The Morgan fingerprint density at radius 3 is 2.38 bits per heavy atom. The topological polar surface area (TPSA) is 86.4 Å². The number of benzene rings is 1. The molecule has 2 aromatic rings. The largest absolute Gasteiger partial charge is 0.335 e. The predicted octanol–water partition coefficient (Wildman–Crippen LogP) is 1.57. The van der Waals surface area contributed by atoms with Crippen molar-refractivity contribution in [2.45, 2.75) is 23.7 Å². The fourth-order valence-electron chi connectivity index (χ4n) is 3.10. The molecule has 2 fully saturated rings. The first kappa shape index (κ1) is 17.2. The van der Waals surface area contributed by atoms with Crippen LogP contribution in [0.2, 0.25) is 0 Å². The molecule has 4 rings (SSSR count). The highest BCUT2D eigenvalue weighted by atomic mass is 32.2. The Kier molecular flexibility index (Phi) is 4.28. The number of aromatic amines is 1. The summed E-state index contributed by atoms with van der Waals surface area (Å²) in [5, 5.41) is 7.00. The molecular formula is C17H19FN4O3S. The van der Waals surface area contributed by atoms with Crippen molar-refractivity contribution in [1.29, 1.82) is 0 Å². The van der Waals surface area contributed by atoms with E-state index in [1.165, 1.54) is 16.4 Å². The van der Waals surface area contributed by atoms with Gasteiger partial charge in [-0.25, -0.2) is 12.8 Å². The number of sulfonamides is 1. The van der Waals surface area contributed by atoms with Crippen molar-refractivity contribution < 1.29 is 17.6 Å². The van der Waals surface area contributed by atoms with Crippen LogP contribution in [0, 0.1) is 5.82 Å². The molecule has 1 saturated heterocycles. The highest BCUT2D eigenvalue weighted by Gasteiger charge is 2.32. The lowest BCUT2D eigenvalue weighted by Gasteiger charge is -2.33. The van der Waals surface area contributed by atoms with Gasteiger partial charge in [0.2, 0.25) is 10.0 Å². The SMILES string of the molecule is O=C(c1cc(C2CC2)[nH]n1)N1CCN(S(=O)(=O)c2ccc(F)cc2)CC1. The first-order valence-electron chi connectivity index (χ1n) is 8.55. The molecule has 1 aliphatic carbocycles. The van der Waals surface area contributed by atoms with Crippen LogP contribution in [0.25, 0.3) is 0 Å². The Morgan fingerprint density at radius 1 is 1.12 bits per heavy atom. The molecule has 1 saturated carbocycles. The number of amides is 1. The van der Waals surface area contributed by atoms with Crippen LogP contribution >= 0.6 is 0 Å². The van der Waals surface area contributed by atoms with Crippen molar-refractivity contribution in [3.8, 4) is 0 Å². The highest BCUT2D eigenvalue weighted by molar-refractivity contribution is 7.89. The number of hydrogen-bond acceptors (Lipinski definition) is 4. The van der Waals surface area contributed by atoms with Gasteiger partial charge in [0.15, 0.2) is 0 Å². The molecule has 0 unspecified atom stereocenters. The van der Waals surface area contributed by atoms with Gasteiger partial charge in [-0.15, -0.1) is 0 Å². The molecule has 0 spiro atoms. The zero-order valence-corrected chi connectivity index (χ0v) is 14.9. The van der Waals surface area contributed by atoms with Crippen LogP contribution in [-0.4, -0.2) is 59.9 Å². The van der Waals surface area contributed by atoms with Crippen LogP contribution in [0.5, 0.6) is 0 Å². The number of rotatable bonds is 4. The summed E-state index contributed by atoms with van der Waals surface area (Å²) >= 11 is 0. The minimum atomic E-state index is -3.68. The molecule has 1 N–H and O–H groups in total. The zero-order valence-electron chi connectivity index (χ0n) is 14.1. The van der Waals surface area contributed by atoms with E-state index in [2.05, 4.69) is 10.2 Å². The molecule has 138 valence electrons. The Bertz CT molecular complexity index is 914. The lowest BCUT2D eigenvalue weighted by Crippen LogP contribution is -2.50. The van der Waals surface area contributed by atoms with E-state index in [4.69, 9.17) is 0 Å². The van der Waals surface area contributed by atoms with E-state index in [-0.39, 0.29) is 23.9 Å². The number of carbonyl (C=O) groups is 1. The molecule has 1 aromatic carbocycles. The maximum absolute atomic E-state index is 13.0. The minimum absolute atomic E-state index is 0.0556. The average molecular weight is 378 g/mol. The summed E-state index contributed by atoms with van der Waals surface area (Å²) in [6.45, 7) is 0.993. The molecule has 1 amide bonds. The van der Waals surface area contributed by atoms with Gasteiger partial charge in [0.25, 0.3) is 5.91 Å². The second kappa shape index (κ2) is 6.48. The number of aromatic nitrogens is 2. The first-order chi connectivity index (χ1) is 12.4. The molecule has 26 heavy (non-hydrogen) atoms. The molecule has 7 nitrogen and oxygen atoms in total. The standard InChI is InChI=1S/C17H19FN4O3S/c18-13-3-5-14(6-4-13)26(24,25)22-9-7-21(8-10-22)17(23)16-11-15(19-20-16)12-1-2-12/h3-6,11-12H,1-2,7-10H2,(H,19,20). The average Bonchev–Trinajstić information content (AvgIpc) is 3.38. The lowest BCUT2D eigenvalue weighted by molar-refractivity contribution is 0.0692. The monoisotopic (exact) mass is 378 g/mol. The van der Waals surface area contributed by atoms with Crippen LogP contribution < -0.4 is 0 Å². The Hall–Kier alpha value is -2.26. The number of carbonyl (C=O) groups excluding carboxylic acids is 1. The van der Waals surface area contributed by atoms with Crippen LogP contribution in [-0.2, 0) is 10.0 Å². The van der Waals surface area contributed by atoms with E-state index < -0.39 is 15.8 Å². The molecule has 0 radical (unpaired) electrons. The van der Waals surface area contributed by atoms with E-state index in [1.807, 2.05) is 0 Å². The summed E-state index contributed by atoms with van der Waals surface area (Å²) in [7, 11) is -3.68. The second-order valence-corrected chi connectivity index (χ2v) is 8.57. The molecule has 0 atom stereocenters. The minimum Gasteiger partial charge on any atom is -0.335 e. The van der Waals surface area contributed by atoms with Crippen molar-refractivity contribution in [3.63, 3.8) is 0 Å². The van der Waals surface area contributed by atoms with Gasteiger partial charge in [-0.1, -0.05) is 0 Å². The van der Waals surface area contributed by atoms with E-state index in [9.17, 15) is 17.6 Å². The van der Waals surface area contributed by atoms with Crippen molar-refractivity contribution in [3.05, 3.63) is 47.5 Å². The van der Waals surface area contributed by atoms with E-state index in [1.54, 1.807) is 11.0 Å². The number of hydrogen-bond donors (Lipinski definition) is 1. The Balaban J connectivity index is 1.41. The summed E-state index contributed by atoms with van der Waals surface area (Å²) in [5.41, 5.74) is 1.37. The van der Waals surface area contributed by atoms with Gasteiger partial charge in [0, 0.05) is 37.8 Å². The van der Waals surface area contributed by atoms with E-state index in [0.29, 0.717) is 24.7 Å². The number of nitrogens with one attached hydrogen (secondary N) is 1. The van der Waals surface area contributed by atoms with E-state index >= 15 is 0 Å². The van der Waals surface area contributed by atoms with Crippen molar-refractivity contribution in [2.75, 3.05) is 26.2 Å². The van der Waals surface area contributed by atoms with Crippen LogP contribution in [0.1, 0.15) is 34.9 Å². The van der Waals surface area contributed by atoms with Gasteiger partial charge in [-0.05, 0) is 43.2 Å². The molecule has 0 bridgehead atoms. The van der Waals surface area contributed by atoms with Crippen molar-refractivity contribution in [1.82, 2.24) is 19.4 Å². The van der Waals surface area contributed by atoms with Crippen LogP contribution in [0.15, 0.2) is 35.2 Å². The quantitative estimate of drug-likeness (QED) is 0.875. The molecule has 2 aliphatic rings. The number of piperazine rings is 1. The van der Waals surface area contributed by atoms with Gasteiger partial charge in [0.05, 0.1) is 4.90 Å². The van der Waals surface area contributed by atoms with Gasteiger partial charge in [0.1, 0.15) is 11.5 Å². The third-order valence-electron chi connectivity index (χ3n) is 4.81. The molecule has 1 aliphatic heterocycles. The fourth-order valence-corrected chi connectivity index (χ4v) is 4.52. The lowest BCUT2D eigenvalue weighted by atomic mass is 10.2. The zero-order chi connectivity index (χ0) is 18.3. The summed E-state index contributed by atoms with van der Waals surface area (Å²) in [6, 6.07) is 6.56. The maximum atomic E-state index is 13.0. The Labute approximate surface area is 150 Å². The van der Waals surface area contributed by atoms with E-state index in [0.717, 1.165) is 30.7 Å². The molecule has 1 aromatic heterocycles. The van der Waals surface area contributed by atoms with Crippen LogP contribution in [0.3, 0.4) is 0 Å². The maximum Gasteiger partial charge on any atom is 0.274 e. The number of H-pyrrole nitrogens is 1. The fraction of sp³-hybridized carbons (Fsp3) is 0.412. The Morgan fingerprint density at radius 2 is 1.77 bits per heavy atom. The third-order valence-corrected chi connectivity index (χ3v) is 6.72. The number of nitrogens with zero attached hydrogens (tertiary/aromatic N) is 3. The van der Waals surface area contributed by atoms with Crippen LogP contribution in [0.4, 0.5) is 4.39 Å². The second-order valence-electron chi connectivity index (χ2n) is 6.63. The summed E-state index contributed by atoms with van der Waals surface area (Å²) in [5.74, 6) is -0.183. The molecular weight excluding hydrogens is 359 g/mol. The third kappa shape index (κ3) is 3.24. The van der Waals surface area contributed by atoms with Gasteiger partial charge < -0.3 is 4.90 Å². The number of halogens is 1. The van der Waals surface area contributed by atoms with Crippen molar-refractivity contribution >= 4 is 15.9 Å². The summed E-state index contributed by atoms with van der Waals surface area (Å²) < 4.78 is 39.6. The molecule has 9 heteroatoms. The van der Waals surface area contributed by atoms with Gasteiger partial charge >= 0.3 is 0 Å². The normalized spacial score (nSPS) is 18.9. The van der Waals surface area contributed by atoms with Gasteiger partial charge in [-0.2, -0.15) is 9.40 Å². The smallest absolute Gasteiger partial charge is 0.274 e. The van der Waals surface area contributed by atoms with Crippen molar-refractivity contribution in [2.24, 2.45) is 0 Å². The highest BCUT2D eigenvalue weighted by Crippen LogP contribution is 2.39. The summed E-state index contributed by atoms with van der Waals surface area (Å²) in [4.78, 5) is 14.2. The van der Waals surface area contributed by atoms with Gasteiger partial charge in [-0.3, -0.25) is 9.89 Å². The summed E-state index contributed by atoms with van der Waals surface area (Å²) in [6.07, 6.45) is 2.24. The molecule has 2 heterocycles. The predicted molar refractivity (Wildman–Crippen MR) is 91.6 cm³/mol. The first-order valence-corrected chi connectivity index (χ1v) is 9.99.